The predicted molar refractivity (Wildman–Crippen MR) is 73.4 cm³/mol. The van der Waals surface area contributed by atoms with Crippen molar-refractivity contribution in [2.45, 2.75) is 6.54 Å². The zero-order valence-corrected chi connectivity index (χ0v) is 10.7. The molecule has 0 spiro atoms. The quantitative estimate of drug-likeness (QED) is 0.884. The van der Waals surface area contributed by atoms with Crippen molar-refractivity contribution in [3.8, 4) is 11.5 Å². The van der Waals surface area contributed by atoms with Gasteiger partial charge < -0.3 is 15.2 Å². The lowest BCUT2D eigenvalue weighted by Gasteiger charge is -2.10. The number of phenolic OH excluding ortho intramolecular Hbond substituents is 1. The zero-order valence-electron chi connectivity index (χ0n) is 9.98. The summed E-state index contributed by atoms with van der Waals surface area (Å²) in [7, 11) is 1.63. The van der Waals surface area contributed by atoms with Gasteiger partial charge in [-0.1, -0.05) is 29.8 Å². The molecule has 2 aromatic carbocycles. The van der Waals surface area contributed by atoms with E-state index in [2.05, 4.69) is 5.32 Å². The van der Waals surface area contributed by atoms with E-state index in [1.165, 1.54) is 0 Å². The summed E-state index contributed by atoms with van der Waals surface area (Å²) in [6, 6.07) is 12.9. The highest BCUT2D eigenvalue weighted by atomic mass is 35.5. The lowest BCUT2D eigenvalue weighted by atomic mass is 10.2. The van der Waals surface area contributed by atoms with Gasteiger partial charge >= 0.3 is 0 Å². The Morgan fingerprint density at radius 3 is 2.78 bits per heavy atom. The molecule has 0 amide bonds. The van der Waals surface area contributed by atoms with E-state index in [0.717, 1.165) is 17.0 Å². The Morgan fingerprint density at radius 2 is 2.00 bits per heavy atom. The number of phenols is 1. The fourth-order valence-corrected chi connectivity index (χ4v) is 1.83. The largest absolute Gasteiger partial charge is 0.506 e. The average Bonchev–Trinajstić information content (AvgIpc) is 2.41. The Bertz CT molecular complexity index is 543. The summed E-state index contributed by atoms with van der Waals surface area (Å²) >= 11 is 5.85. The lowest BCUT2D eigenvalue weighted by molar-refractivity contribution is 0.415. The van der Waals surface area contributed by atoms with E-state index in [0.29, 0.717) is 11.6 Å². The number of hydrogen-bond donors (Lipinski definition) is 2. The summed E-state index contributed by atoms with van der Waals surface area (Å²) in [6.45, 7) is 0.500. The molecule has 0 aliphatic carbocycles. The van der Waals surface area contributed by atoms with Crippen molar-refractivity contribution in [3.63, 3.8) is 0 Å². The topological polar surface area (TPSA) is 41.5 Å². The second-order valence-electron chi connectivity index (χ2n) is 3.83. The third kappa shape index (κ3) is 2.87. The zero-order chi connectivity index (χ0) is 13.0. The van der Waals surface area contributed by atoms with Crippen LogP contribution in [0.3, 0.4) is 0 Å². The minimum atomic E-state index is 0.120. The van der Waals surface area contributed by atoms with Crippen LogP contribution in [-0.4, -0.2) is 12.2 Å². The maximum absolute atomic E-state index is 9.78. The molecular formula is C14H14ClNO2. The van der Waals surface area contributed by atoms with E-state index in [-0.39, 0.29) is 5.75 Å². The molecule has 0 aromatic heterocycles. The minimum absolute atomic E-state index is 0.120. The van der Waals surface area contributed by atoms with Crippen molar-refractivity contribution < 1.29 is 9.84 Å². The van der Waals surface area contributed by atoms with Crippen molar-refractivity contribution in [1.29, 1.82) is 0 Å². The fourth-order valence-electron chi connectivity index (χ4n) is 1.63. The van der Waals surface area contributed by atoms with Crippen LogP contribution in [0.25, 0.3) is 0 Å². The third-order valence-electron chi connectivity index (χ3n) is 2.62. The van der Waals surface area contributed by atoms with E-state index in [1.54, 1.807) is 13.2 Å². The van der Waals surface area contributed by atoms with Crippen molar-refractivity contribution in [2.75, 3.05) is 12.4 Å². The van der Waals surface area contributed by atoms with Gasteiger partial charge in [0.15, 0.2) is 0 Å². The summed E-state index contributed by atoms with van der Waals surface area (Å²) in [6.07, 6.45) is 0. The molecule has 2 aromatic rings. The maximum atomic E-state index is 9.78. The Morgan fingerprint density at radius 1 is 1.22 bits per heavy atom. The van der Waals surface area contributed by atoms with Crippen LogP contribution in [0.1, 0.15) is 5.56 Å². The molecule has 94 valence electrons. The molecule has 0 radical (unpaired) electrons. The van der Waals surface area contributed by atoms with Gasteiger partial charge in [0, 0.05) is 23.9 Å². The molecule has 0 bridgehead atoms. The first-order valence-electron chi connectivity index (χ1n) is 5.55. The summed E-state index contributed by atoms with van der Waals surface area (Å²) in [4.78, 5) is 0. The number of benzene rings is 2. The van der Waals surface area contributed by atoms with Crippen LogP contribution in [0.5, 0.6) is 11.5 Å². The fraction of sp³-hybridized carbons (Fsp3) is 0.143. The number of para-hydroxylation sites is 1. The summed E-state index contributed by atoms with van der Waals surface area (Å²) in [5.74, 6) is 0.907. The average molecular weight is 264 g/mol. The number of nitrogens with one attached hydrogen (secondary N) is 1. The van der Waals surface area contributed by atoms with Crippen LogP contribution in [-0.2, 0) is 6.54 Å². The Hall–Kier alpha value is -1.87. The second-order valence-corrected chi connectivity index (χ2v) is 4.24. The van der Waals surface area contributed by atoms with Crippen molar-refractivity contribution in [3.05, 3.63) is 53.1 Å². The number of rotatable bonds is 4. The molecule has 0 aliphatic rings. The molecule has 0 aliphatic heterocycles. The highest BCUT2D eigenvalue weighted by molar-refractivity contribution is 6.32. The lowest BCUT2D eigenvalue weighted by Crippen LogP contribution is -2.00. The Kier molecular flexibility index (Phi) is 3.95. The summed E-state index contributed by atoms with van der Waals surface area (Å²) < 4.78 is 5.14. The summed E-state index contributed by atoms with van der Waals surface area (Å²) in [5.41, 5.74) is 1.68. The third-order valence-corrected chi connectivity index (χ3v) is 2.93. The maximum Gasteiger partial charge on any atom is 0.139 e. The number of aromatic hydroxyl groups is 1. The van der Waals surface area contributed by atoms with Crippen LogP contribution >= 0.6 is 11.6 Å². The molecular weight excluding hydrogens is 250 g/mol. The van der Waals surface area contributed by atoms with Gasteiger partial charge in [0.05, 0.1) is 12.1 Å². The molecule has 0 atom stereocenters. The molecule has 0 unspecified atom stereocenters. The van der Waals surface area contributed by atoms with Gasteiger partial charge in [0.2, 0.25) is 0 Å². The van der Waals surface area contributed by atoms with Crippen molar-refractivity contribution >= 4 is 17.3 Å². The van der Waals surface area contributed by atoms with Gasteiger partial charge in [0.1, 0.15) is 11.5 Å². The van der Waals surface area contributed by atoms with Crippen LogP contribution in [0, 0.1) is 0 Å². The van der Waals surface area contributed by atoms with E-state index >= 15 is 0 Å². The highest BCUT2D eigenvalue weighted by Gasteiger charge is 2.04. The monoisotopic (exact) mass is 263 g/mol. The minimum Gasteiger partial charge on any atom is -0.506 e. The highest BCUT2D eigenvalue weighted by Crippen LogP contribution is 2.27. The standard InChI is InChI=1S/C14H14ClNO2/c1-18-12-6-3-5-11(8-12)16-9-10-4-2-7-13(15)14(10)17/h2-8,16-17H,9H2,1H3. The molecule has 2 rings (SSSR count). The van der Waals surface area contributed by atoms with E-state index < -0.39 is 0 Å². The molecule has 18 heavy (non-hydrogen) atoms. The molecule has 0 fully saturated rings. The van der Waals surface area contributed by atoms with Gasteiger partial charge in [-0.05, 0) is 18.2 Å². The molecule has 4 heteroatoms. The number of ether oxygens (including phenoxy) is 1. The first kappa shape index (κ1) is 12.6. The van der Waals surface area contributed by atoms with Gasteiger partial charge in [-0.15, -0.1) is 0 Å². The Balaban J connectivity index is 2.09. The first-order chi connectivity index (χ1) is 8.70. The molecule has 2 N–H and O–H groups in total. The van der Waals surface area contributed by atoms with Crippen LogP contribution < -0.4 is 10.1 Å². The van der Waals surface area contributed by atoms with Gasteiger partial charge in [-0.25, -0.2) is 0 Å². The van der Waals surface area contributed by atoms with Crippen molar-refractivity contribution in [1.82, 2.24) is 0 Å². The van der Waals surface area contributed by atoms with E-state index in [1.807, 2.05) is 36.4 Å². The smallest absolute Gasteiger partial charge is 0.139 e. The van der Waals surface area contributed by atoms with Gasteiger partial charge in [-0.2, -0.15) is 0 Å². The van der Waals surface area contributed by atoms with Crippen molar-refractivity contribution in [2.24, 2.45) is 0 Å². The number of hydrogen-bond acceptors (Lipinski definition) is 3. The first-order valence-corrected chi connectivity index (χ1v) is 5.93. The van der Waals surface area contributed by atoms with Gasteiger partial charge in [0.25, 0.3) is 0 Å². The van der Waals surface area contributed by atoms with Crippen LogP contribution in [0.4, 0.5) is 5.69 Å². The van der Waals surface area contributed by atoms with Gasteiger partial charge in [-0.3, -0.25) is 0 Å². The Labute approximate surface area is 111 Å². The summed E-state index contributed by atoms with van der Waals surface area (Å²) in [5, 5.41) is 13.3. The number of methoxy groups -OCH3 is 1. The van der Waals surface area contributed by atoms with E-state index in [4.69, 9.17) is 16.3 Å². The molecule has 0 saturated carbocycles. The van der Waals surface area contributed by atoms with Crippen LogP contribution in [0.2, 0.25) is 5.02 Å². The number of halogens is 1. The number of anilines is 1. The molecule has 0 heterocycles. The van der Waals surface area contributed by atoms with Crippen LogP contribution in [0.15, 0.2) is 42.5 Å². The normalized spacial score (nSPS) is 10.1. The predicted octanol–water partition coefficient (Wildman–Crippen LogP) is 3.67. The molecule has 3 nitrogen and oxygen atoms in total. The second kappa shape index (κ2) is 5.65. The SMILES string of the molecule is COc1cccc(NCc2cccc(Cl)c2O)c1. The van der Waals surface area contributed by atoms with E-state index in [9.17, 15) is 5.11 Å². The molecule has 0 saturated heterocycles.